The lowest BCUT2D eigenvalue weighted by molar-refractivity contribution is 0.0949. The minimum atomic E-state index is -0.472. The number of unbranched alkanes of at least 4 members (excludes halogenated alkanes) is 2. The topological polar surface area (TPSA) is 29.1 Å². The Bertz CT molecular complexity index is 344. The van der Waals surface area contributed by atoms with E-state index in [9.17, 15) is 9.18 Å². The second-order valence-corrected chi connectivity index (χ2v) is 4.28. The van der Waals surface area contributed by atoms with Crippen LogP contribution in [0.15, 0.2) is 24.3 Å². The van der Waals surface area contributed by atoms with Gasteiger partial charge in [-0.05, 0) is 25.0 Å². The first-order chi connectivity index (χ1) is 7.75. The van der Waals surface area contributed by atoms with Crippen LogP contribution in [-0.4, -0.2) is 17.8 Å². The minimum Gasteiger partial charge on any atom is -0.352 e. The predicted molar refractivity (Wildman–Crippen MR) is 66.4 cm³/mol. The van der Waals surface area contributed by atoms with Crippen LogP contribution in [-0.2, 0) is 0 Å². The number of hydrogen-bond donors (Lipinski definition) is 1. The van der Waals surface area contributed by atoms with Crippen LogP contribution in [0.25, 0.3) is 0 Å². The van der Waals surface area contributed by atoms with E-state index in [1.807, 2.05) is 0 Å². The SMILES string of the molecule is O=C(NCCCCCBr)c1ccccc1F. The van der Waals surface area contributed by atoms with Gasteiger partial charge in [0.25, 0.3) is 5.91 Å². The van der Waals surface area contributed by atoms with Crippen LogP contribution in [0.4, 0.5) is 4.39 Å². The van der Waals surface area contributed by atoms with Gasteiger partial charge in [0.15, 0.2) is 0 Å². The average molecular weight is 288 g/mol. The number of hydrogen-bond acceptors (Lipinski definition) is 1. The zero-order valence-electron chi connectivity index (χ0n) is 9.01. The molecule has 0 saturated heterocycles. The molecule has 0 bridgehead atoms. The maximum Gasteiger partial charge on any atom is 0.254 e. The highest BCUT2D eigenvalue weighted by atomic mass is 79.9. The zero-order chi connectivity index (χ0) is 11.8. The smallest absolute Gasteiger partial charge is 0.254 e. The van der Waals surface area contributed by atoms with E-state index < -0.39 is 5.82 Å². The number of rotatable bonds is 6. The third-order valence-corrected chi connectivity index (χ3v) is 2.78. The number of carbonyl (C=O) groups is 1. The minimum absolute atomic E-state index is 0.114. The standard InChI is InChI=1S/C12H15BrFNO/c13-8-4-1-5-9-15-12(16)10-6-2-3-7-11(10)14/h2-3,6-7H,1,4-5,8-9H2,(H,15,16). The van der Waals surface area contributed by atoms with Crippen molar-refractivity contribution in [2.45, 2.75) is 19.3 Å². The summed E-state index contributed by atoms with van der Waals surface area (Å²) in [6, 6.07) is 6.01. The van der Waals surface area contributed by atoms with Crippen LogP contribution in [0.1, 0.15) is 29.6 Å². The van der Waals surface area contributed by atoms with E-state index >= 15 is 0 Å². The highest BCUT2D eigenvalue weighted by molar-refractivity contribution is 9.09. The van der Waals surface area contributed by atoms with Crippen LogP contribution in [0.3, 0.4) is 0 Å². The maximum atomic E-state index is 13.2. The second kappa shape index (κ2) is 7.39. The summed E-state index contributed by atoms with van der Waals surface area (Å²) in [5.74, 6) is -0.808. The first-order valence-electron chi connectivity index (χ1n) is 5.34. The molecular formula is C12H15BrFNO. The molecule has 1 rings (SSSR count). The van der Waals surface area contributed by atoms with Crippen LogP contribution >= 0.6 is 15.9 Å². The Morgan fingerprint density at radius 1 is 1.25 bits per heavy atom. The first kappa shape index (κ1) is 13.2. The quantitative estimate of drug-likeness (QED) is 0.632. The van der Waals surface area contributed by atoms with Gasteiger partial charge in [-0.1, -0.05) is 34.5 Å². The summed E-state index contributed by atoms with van der Waals surface area (Å²) in [6.07, 6.45) is 3.07. The van der Waals surface area contributed by atoms with E-state index in [0.717, 1.165) is 24.6 Å². The molecule has 88 valence electrons. The van der Waals surface area contributed by atoms with Crippen LogP contribution in [0.5, 0.6) is 0 Å². The predicted octanol–water partition coefficient (Wildman–Crippen LogP) is 3.12. The van der Waals surface area contributed by atoms with Gasteiger partial charge in [0, 0.05) is 11.9 Å². The molecule has 0 aliphatic heterocycles. The molecule has 1 aromatic rings. The van der Waals surface area contributed by atoms with E-state index in [2.05, 4.69) is 21.2 Å². The molecule has 0 aromatic heterocycles. The first-order valence-corrected chi connectivity index (χ1v) is 6.46. The van der Waals surface area contributed by atoms with Crippen molar-refractivity contribution in [1.82, 2.24) is 5.32 Å². The Labute approximate surface area is 103 Å². The fourth-order valence-corrected chi connectivity index (χ4v) is 1.74. The monoisotopic (exact) mass is 287 g/mol. The summed E-state index contributed by atoms with van der Waals surface area (Å²) in [5.41, 5.74) is 0.114. The van der Waals surface area contributed by atoms with Gasteiger partial charge in [0.2, 0.25) is 0 Å². The maximum absolute atomic E-state index is 13.2. The molecule has 0 atom stereocenters. The van der Waals surface area contributed by atoms with Gasteiger partial charge in [0.05, 0.1) is 5.56 Å². The molecule has 0 spiro atoms. The fourth-order valence-electron chi connectivity index (χ4n) is 1.34. The molecule has 1 aromatic carbocycles. The largest absolute Gasteiger partial charge is 0.352 e. The molecule has 0 aliphatic carbocycles. The van der Waals surface area contributed by atoms with E-state index in [1.54, 1.807) is 12.1 Å². The van der Waals surface area contributed by atoms with Crippen molar-refractivity contribution in [3.8, 4) is 0 Å². The summed E-state index contributed by atoms with van der Waals surface area (Å²) in [5, 5.41) is 3.68. The van der Waals surface area contributed by atoms with Gasteiger partial charge in [-0.15, -0.1) is 0 Å². The van der Waals surface area contributed by atoms with Gasteiger partial charge < -0.3 is 5.32 Å². The Kier molecular flexibility index (Phi) is 6.08. The van der Waals surface area contributed by atoms with Crippen molar-refractivity contribution < 1.29 is 9.18 Å². The Hall–Kier alpha value is -0.900. The van der Waals surface area contributed by atoms with Crippen LogP contribution < -0.4 is 5.32 Å². The number of alkyl halides is 1. The molecule has 0 heterocycles. The van der Waals surface area contributed by atoms with Crippen molar-refractivity contribution in [2.24, 2.45) is 0 Å². The molecule has 0 saturated carbocycles. The van der Waals surface area contributed by atoms with E-state index in [-0.39, 0.29) is 11.5 Å². The number of amides is 1. The molecule has 2 nitrogen and oxygen atoms in total. The van der Waals surface area contributed by atoms with Gasteiger partial charge in [-0.25, -0.2) is 4.39 Å². The number of halogens is 2. The molecule has 0 aliphatic rings. The molecule has 0 fully saturated rings. The highest BCUT2D eigenvalue weighted by Crippen LogP contribution is 2.06. The lowest BCUT2D eigenvalue weighted by Crippen LogP contribution is -2.25. The summed E-state index contributed by atoms with van der Waals surface area (Å²) in [6.45, 7) is 0.597. The second-order valence-electron chi connectivity index (χ2n) is 3.49. The zero-order valence-corrected chi connectivity index (χ0v) is 10.6. The third kappa shape index (κ3) is 4.31. The van der Waals surface area contributed by atoms with Gasteiger partial charge in [-0.2, -0.15) is 0 Å². The Morgan fingerprint density at radius 2 is 2.00 bits per heavy atom. The van der Waals surface area contributed by atoms with Crippen LogP contribution in [0.2, 0.25) is 0 Å². The number of nitrogens with one attached hydrogen (secondary N) is 1. The molecule has 4 heteroatoms. The lowest BCUT2D eigenvalue weighted by atomic mass is 10.2. The molecular weight excluding hydrogens is 273 g/mol. The number of benzene rings is 1. The van der Waals surface area contributed by atoms with Crippen molar-refractivity contribution in [2.75, 3.05) is 11.9 Å². The summed E-state index contributed by atoms with van der Waals surface area (Å²) < 4.78 is 13.2. The van der Waals surface area contributed by atoms with Gasteiger partial charge in [0.1, 0.15) is 5.82 Å². The van der Waals surface area contributed by atoms with E-state index in [0.29, 0.717) is 6.54 Å². The number of carbonyl (C=O) groups excluding carboxylic acids is 1. The molecule has 16 heavy (non-hydrogen) atoms. The summed E-state index contributed by atoms with van der Waals surface area (Å²) in [7, 11) is 0. The Balaban J connectivity index is 2.33. The summed E-state index contributed by atoms with van der Waals surface area (Å²) >= 11 is 3.34. The van der Waals surface area contributed by atoms with E-state index in [4.69, 9.17) is 0 Å². The molecule has 0 radical (unpaired) electrons. The van der Waals surface area contributed by atoms with Crippen molar-refractivity contribution >= 4 is 21.8 Å². The van der Waals surface area contributed by atoms with Gasteiger partial charge in [-0.3, -0.25) is 4.79 Å². The van der Waals surface area contributed by atoms with E-state index in [1.165, 1.54) is 12.1 Å². The van der Waals surface area contributed by atoms with Gasteiger partial charge >= 0.3 is 0 Å². The molecule has 1 N–H and O–H groups in total. The normalized spacial score (nSPS) is 10.1. The molecule has 1 amide bonds. The highest BCUT2D eigenvalue weighted by Gasteiger charge is 2.09. The third-order valence-electron chi connectivity index (χ3n) is 2.21. The van der Waals surface area contributed by atoms with Crippen LogP contribution in [0, 0.1) is 5.82 Å². The fraction of sp³-hybridized carbons (Fsp3) is 0.417. The lowest BCUT2D eigenvalue weighted by Gasteiger charge is -2.05. The summed E-state index contributed by atoms with van der Waals surface area (Å²) in [4.78, 5) is 11.5. The Morgan fingerprint density at radius 3 is 2.69 bits per heavy atom. The van der Waals surface area contributed by atoms with Crippen molar-refractivity contribution in [3.05, 3.63) is 35.6 Å². The molecule has 0 unspecified atom stereocenters. The van der Waals surface area contributed by atoms with Crippen molar-refractivity contribution in [3.63, 3.8) is 0 Å². The average Bonchev–Trinajstić information content (AvgIpc) is 2.29. The van der Waals surface area contributed by atoms with Crippen molar-refractivity contribution in [1.29, 1.82) is 0 Å².